The summed E-state index contributed by atoms with van der Waals surface area (Å²) < 4.78 is 31.7. The molecule has 1 aliphatic heterocycles. The highest BCUT2D eigenvalue weighted by molar-refractivity contribution is 7.89. The van der Waals surface area contributed by atoms with Crippen molar-refractivity contribution in [1.82, 2.24) is 9.62 Å². The molecule has 1 amide bonds. The van der Waals surface area contributed by atoms with E-state index >= 15 is 0 Å². The van der Waals surface area contributed by atoms with Crippen LogP contribution in [0.25, 0.3) is 0 Å². The second-order valence-corrected chi connectivity index (χ2v) is 8.51. The van der Waals surface area contributed by atoms with Crippen molar-refractivity contribution in [2.75, 3.05) is 26.3 Å². The molecule has 1 heterocycles. The highest BCUT2D eigenvalue weighted by Crippen LogP contribution is 2.18. The molecule has 1 saturated heterocycles. The third-order valence-electron chi connectivity index (χ3n) is 4.60. The Bertz CT molecular complexity index is 954. The largest absolute Gasteiger partial charge is 0.548 e. The number of sulfonamides is 1. The zero-order chi connectivity index (χ0) is 20.9. The van der Waals surface area contributed by atoms with Gasteiger partial charge in [0, 0.05) is 18.7 Å². The molecule has 154 valence electrons. The fourth-order valence-corrected chi connectivity index (χ4v) is 4.41. The van der Waals surface area contributed by atoms with E-state index in [1.165, 1.54) is 28.6 Å². The molecule has 1 N–H and O–H groups in total. The lowest BCUT2D eigenvalue weighted by molar-refractivity contribution is -0.308. The molecule has 9 heteroatoms. The predicted octanol–water partition coefficient (Wildman–Crippen LogP) is -0.201. The van der Waals surface area contributed by atoms with Gasteiger partial charge in [0.25, 0.3) is 5.91 Å². The van der Waals surface area contributed by atoms with Crippen molar-refractivity contribution in [3.8, 4) is 0 Å². The molecule has 29 heavy (non-hydrogen) atoms. The van der Waals surface area contributed by atoms with Gasteiger partial charge in [-0.2, -0.15) is 4.31 Å². The van der Waals surface area contributed by atoms with Crippen LogP contribution in [0.3, 0.4) is 0 Å². The van der Waals surface area contributed by atoms with Crippen molar-refractivity contribution in [2.45, 2.75) is 17.4 Å². The van der Waals surface area contributed by atoms with Crippen molar-refractivity contribution < 1.29 is 27.9 Å². The molecule has 0 saturated carbocycles. The van der Waals surface area contributed by atoms with Crippen molar-refractivity contribution in [3.05, 3.63) is 65.7 Å². The Hall–Kier alpha value is -2.75. The SMILES string of the molecule is O=C(N[C@@H](Cc1ccccc1)C(=O)[O-])c1ccc(S(=O)(=O)N2CCOCC2)cc1. The van der Waals surface area contributed by atoms with Crippen LogP contribution in [-0.4, -0.2) is 56.9 Å². The standard InChI is InChI=1S/C20H22N2O6S/c23-19(21-18(20(24)25)14-15-4-2-1-3-5-15)16-6-8-17(9-7-16)29(26,27)22-10-12-28-13-11-22/h1-9,18H,10-14H2,(H,21,23)(H,24,25)/p-1/t18-/m0/s1. The van der Waals surface area contributed by atoms with Gasteiger partial charge < -0.3 is 20.0 Å². The van der Waals surface area contributed by atoms with Crippen LogP contribution in [0.15, 0.2) is 59.5 Å². The van der Waals surface area contributed by atoms with E-state index in [9.17, 15) is 23.1 Å². The maximum atomic E-state index is 12.6. The number of amides is 1. The number of benzene rings is 2. The summed E-state index contributed by atoms with van der Waals surface area (Å²) in [6.45, 7) is 1.23. The molecule has 0 aliphatic carbocycles. The summed E-state index contributed by atoms with van der Waals surface area (Å²) in [5.41, 5.74) is 0.902. The number of aliphatic carboxylic acids is 1. The third-order valence-corrected chi connectivity index (χ3v) is 6.51. The summed E-state index contributed by atoms with van der Waals surface area (Å²) in [7, 11) is -3.66. The minimum atomic E-state index is -3.66. The maximum absolute atomic E-state index is 12.6. The van der Waals surface area contributed by atoms with Crippen LogP contribution in [-0.2, 0) is 26.0 Å². The second-order valence-electron chi connectivity index (χ2n) is 6.58. The van der Waals surface area contributed by atoms with E-state index in [0.29, 0.717) is 13.2 Å². The number of morpholine rings is 1. The molecule has 1 fully saturated rings. The van der Waals surface area contributed by atoms with E-state index in [1.807, 2.05) is 6.07 Å². The summed E-state index contributed by atoms with van der Waals surface area (Å²) in [6, 6.07) is 13.1. The van der Waals surface area contributed by atoms with Crippen LogP contribution in [0.1, 0.15) is 15.9 Å². The number of ether oxygens (including phenoxy) is 1. The van der Waals surface area contributed by atoms with E-state index in [1.54, 1.807) is 24.3 Å². The number of rotatable bonds is 7. The summed E-state index contributed by atoms with van der Waals surface area (Å²) in [4.78, 5) is 23.9. The predicted molar refractivity (Wildman–Crippen MR) is 102 cm³/mol. The molecule has 0 aromatic heterocycles. The molecule has 1 aliphatic rings. The number of nitrogens with zero attached hydrogens (tertiary/aromatic N) is 1. The van der Waals surface area contributed by atoms with Crippen LogP contribution < -0.4 is 10.4 Å². The monoisotopic (exact) mass is 417 g/mol. The van der Waals surface area contributed by atoms with Gasteiger partial charge in [0.15, 0.2) is 0 Å². The van der Waals surface area contributed by atoms with Gasteiger partial charge in [0.05, 0.1) is 30.1 Å². The summed E-state index contributed by atoms with van der Waals surface area (Å²) in [5.74, 6) is -2.01. The van der Waals surface area contributed by atoms with Gasteiger partial charge >= 0.3 is 0 Å². The Morgan fingerprint density at radius 2 is 1.66 bits per heavy atom. The van der Waals surface area contributed by atoms with Crippen LogP contribution in [0, 0.1) is 0 Å². The van der Waals surface area contributed by atoms with Gasteiger partial charge in [-0.05, 0) is 36.2 Å². The van der Waals surface area contributed by atoms with Crippen LogP contribution in [0.4, 0.5) is 0 Å². The lowest BCUT2D eigenvalue weighted by atomic mass is 10.1. The van der Waals surface area contributed by atoms with Crippen molar-refractivity contribution in [1.29, 1.82) is 0 Å². The molecular formula is C20H21N2O6S-. The first-order chi connectivity index (χ1) is 13.9. The van der Waals surface area contributed by atoms with Gasteiger partial charge in [0.2, 0.25) is 10.0 Å². The summed E-state index contributed by atoms with van der Waals surface area (Å²) in [6.07, 6.45) is 0.0818. The Kier molecular flexibility index (Phi) is 6.63. The van der Waals surface area contributed by atoms with Crippen LogP contribution >= 0.6 is 0 Å². The van der Waals surface area contributed by atoms with Crippen LogP contribution in [0.2, 0.25) is 0 Å². The fourth-order valence-electron chi connectivity index (χ4n) is 3.00. The molecule has 8 nitrogen and oxygen atoms in total. The van der Waals surface area contributed by atoms with E-state index in [-0.39, 0.29) is 30.0 Å². The molecule has 3 rings (SSSR count). The Morgan fingerprint density at radius 3 is 2.24 bits per heavy atom. The average molecular weight is 417 g/mol. The zero-order valence-electron chi connectivity index (χ0n) is 15.6. The quantitative estimate of drug-likeness (QED) is 0.667. The Labute approximate surface area is 169 Å². The van der Waals surface area contributed by atoms with Crippen LogP contribution in [0.5, 0.6) is 0 Å². The number of hydrogen-bond donors (Lipinski definition) is 1. The number of nitrogens with one attached hydrogen (secondary N) is 1. The lowest BCUT2D eigenvalue weighted by Crippen LogP contribution is -2.49. The van der Waals surface area contributed by atoms with E-state index in [0.717, 1.165) is 5.56 Å². The van der Waals surface area contributed by atoms with Gasteiger partial charge in [0.1, 0.15) is 0 Å². The van der Waals surface area contributed by atoms with E-state index in [2.05, 4.69) is 5.32 Å². The van der Waals surface area contributed by atoms with Crippen molar-refractivity contribution >= 4 is 21.9 Å². The molecule has 2 aromatic rings. The first-order valence-corrected chi connectivity index (χ1v) is 10.6. The number of carboxylic acids is 1. The third kappa shape index (κ3) is 5.20. The number of carbonyl (C=O) groups excluding carboxylic acids is 2. The minimum absolute atomic E-state index is 0.0664. The second kappa shape index (κ2) is 9.17. The number of hydrogen-bond acceptors (Lipinski definition) is 6. The number of carboxylic acid groups (broad SMARTS) is 1. The topological polar surface area (TPSA) is 116 Å². The highest BCUT2D eigenvalue weighted by Gasteiger charge is 2.26. The first kappa shape index (κ1) is 21.0. The average Bonchev–Trinajstić information content (AvgIpc) is 2.74. The number of carbonyl (C=O) groups is 2. The van der Waals surface area contributed by atoms with Gasteiger partial charge in [-0.1, -0.05) is 30.3 Å². The van der Waals surface area contributed by atoms with Crippen molar-refractivity contribution in [2.24, 2.45) is 0 Å². The van der Waals surface area contributed by atoms with E-state index in [4.69, 9.17) is 4.74 Å². The molecular weight excluding hydrogens is 396 g/mol. The van der Waals surface area contributed by atoms with E-state index < -0.39 is 27.9 Å². The fraction of sp³-hybridized carbons (Fsp3) is 0.300. The molecule has 0 radical (unpaired) electrons. The summed E-state index contributed by atoms with van der Waals surface area (Å²) >= 11 is 0. The Morgan fingerprint density at radius 1 is 1.03 bits per heavy atom. The summed E-state index contributed by atoms with van der Waals surface area (Å²) in [5, 5.41) is 13.8. The highest BCUT2D eigenvalue weighted by atomic mass is 32.2. The Balaban J connectivity index is 1.69. The molecule has 0 spiro atoms. The normalized spacial score (nSPS) is 16.1. The van der Waals surface area contributed by atoms with Gasteiger partial charge in [-0.3, -0.25) is 4.79 Å². The van der Waals surface area contributed by atoms with Crippen molar-refractivity contribution in [3.63, 3.8) is 0 Å². The molecule has 0 bridgehead atoms. The smallest absolute Gasteiger partial charge is 0.251 e. The maximum Gasteiger partial charge on any atom is 0.251 e. The molecule has 1 atom stereocenters. The van der Waals surface area contributed by atoms with Gasteiger partial charge in [-0.15, -0.1) is 0 Å². The zero-order valence-corrected chi connectivity index (χ0v) is 16.4. The molecule has 2 aromatic carbocycles. The van der Waals surface area contributed by atoms with Gasteiger partial charge in [-0.25, -0.2) is 8.42 Å². The first-order valence-electron chi connectivity index (χ1n) is 9.11. The minimum Gasteiger partial charge on any atom is -0.548 e. The lowest BCUT2D eigenvalue weighted by Gasteiger charge is -2.26. The molecule has 0 unspecified atom stereocenters.